The standard InChI is InChI=1S/C13H19F3N2O/c1-2-3-4-5-6-11(13(14,15)16)19-12-8-7-10(17)9-18-12/h7-9,11H,2-6,17H2,1H3. The molecule has 108 valence electrons. The van der Waals surface area contributed by atoms with Crippen molar-refractivity contribution in [3.8, 4) is 5.88 Å². The van der Waals surface area contributed by atoms with Crippen LogP contribution in [-0.4, -0.2) is 17.3 Å². The Hall–Kier alpha value is -1.46. The first-order valence-electron chi connectivity index (χ1n) is 6.38. The van der Waals surface area contributed by atoms with Crippen molar-refractivity contribution in [2.45, 2.75) is 51.3 Å². The number of hydrogen-bond acceptors (Lipinski definition) is 3. The van der Waals surface area contributed by atoms with Crippen molar-refractivity contribution in [2.75, 3.05) is 5.73 Å². The molecule has 1 atom stereocenters. The summed E-state index contributed by atoms with van der Waals surface area (Å²) in [5.41, 5.74) is 5.80. The number of halogens is 3. The summed E-state index contributed by atoms with van der Waals surface area (Å²) < 4.78 is 43.4. The smallest absolute Gasteiger partial charge is 0.425 e. The summed E-state index contributed by atoms with van der Waals surface area (Å²) in [5.74, 6) is -0.0491. The van der Waals surface area contributed by atoms with Crippen molar-refractivity contribution in [3.05, 3.63) is 18.3 Å². The Labute approximate surface area is 111 Å². The van der Waals surface area contributed by atoms with E-state index in [1.807, 2.05) is 6.92 Å². The summed E-state index contributed by atoms with van der Waals surface area (Å²) in [6.07, 6.45) is -1.76. The van der Waals surface area contributed by atoms with Crippen molar-refractivity contribution in [1.82, 2.24) is 4.98 Å². The molecule has 0 spiro atoms. The van der Waals surface area contributed by atoms with E-state index in [1.54, 1.807) is 0 Å². The molecule has 1 aromatic heterocycles. The van der Waals surface area contributed by atoms with E-state index < -0.39 is 12.3 Å². The fraction of sp³-hybridized carbons (Fsp3) is 0.615. The Morgan fingerprint density at radius 1 is 1.26 bits per heavy atom. The zero-order chi connectivity index (χ0) is 14.3. The lowest BCUT2D eigenvalue weighted by Gasteiger charge is -2.21. The maximum absolute atomic E-state index is 12.8. The molecule has 0 aliphatic carbocycles. The van der Waals surface area contributed by atoms with Crippen molar-refractivity contribution in [3.63, 3.8) is 0 Å². The zero-order valence-electron chi connectivity index (χ0n) is 10.9. The molecule has 0 fully saturated rings. The first-order chi connectivity index (χ1) is 8.93. The van der Waals surface area contributed by atoms with Gasteiger partial charge in [0.1, 0.15) is 0 Å². The van der Waals surface area contributed by atoms with Crippen molar-refractivity contribution in [1.29, 1.82) is 0 Å². The Morgan fingerprint density at radius 3 is 2.53 bits per heavy atom. The van der Waals surface area contributed by atoms with E-state index in [0.717, 1.165) is 19.3 Å². The van der Waals surface area contributed by atoms with Gasteiger partial charge in [-0.15, -0.1) is 0 Å². The van der Waals surface area contributed by atoms with Crippen LogP contribution >= 0.6 is 0 Å². The van der Waals surface area contributed by atoms with Gasteiger partial charge in [0.15, 0.2) is 6.10 Å². The average molecular weight is 276 g/mol. The normalized spacial score (nSPS) is 13.3. The van der Waals surface area contributed by atoms with Crippen LogP contribution in [0.3, 0.4) is 0 Å². The molecule has 6 heteroatoms. The number of ether oxygens (including phenoxy) is 1. The molecule has 3 nitrogen and oxygen atoms in total. The number of unbranched alkanes of at least 4 members (excludes halogenated alkanes) is 3. The van der Waals surface area contributed by atoms with Gasteiger partial charge in [0.25, 0.3) is 0 Å². The predicted octanol–water partition coefficient (Wildman–Crippen LogP) is 3.94. The second kappa shape index (κ2) is 7.21. The fourth-order valence-electron chi connectivity index (χ4n) is 1.65. The van der Waals surface area contributed by atoms with E-state index in [2.05, 4.69) is 4.98 Å². The fourth-order valence-corrected chi connectivity index (χ4v) is 1.65. The van der Waals surface area contributed by atoms with E-state index >= 15 is 0 Å². The summed E-state index contributed by atoms with van der Waals surface area (Å²) in [6, 6.07) is 2.81. The van der Waals surface area contributed by atoms with Gasteiger partial charge >= 0.3 is 6.18 Å². The number of aromatic nitrogens is 1. The molecule has 0 saturated carbocycles. The monoisotopic (exact) mass is 276 g/mol. The minimum absolute atomic E-state index is 0.0461. The summed E-state index contributed by atoms with van der Waals surface area (Å²) in [4.78, 5) is 3.73. The maximum Gasteiger partial charge on any atom is 0.425 e. The lowest BCUT2D eigenvalue weighted by Crippen LogP contribution is -2.34. The van der Waals surface area contributed by atoms with Gasteiger partial charge in [-0.05, 0) is 18.9 Å². The van der Waals surface area contributed by atoms with Crippen LogP contribution in [0.5, 0.6) is 5.88 Å². The number of hydrogen-bond donors (Lipinski definition) is 1. The van der Waals surface area contributed by atoms with E-state index in [0.29, 0.717) is 12.1 Å². The van der Waals surface area contributed by atoms with Crippen molar-refractivity contribution >= 4 is 5.69 Å². The molecule has 0 aliphatic heterocycles. The quantitative estimate of drug-likeness (QED) is 0.767. The van der Waals surface area contributed by atoms with Gasteiger partial charge in [-0.2, -0.15) is 13.2 Å². The molecule has 1 rings (SSSR count). The molecule has 2 N–H and O–H groups in total. The van der Waals surface area contributed by atoms with E-state index in [-0.39, 0.29) is 12.3 Å². The molecule has 1 heterocycles. The maximum atomic E-state index is 12.8. The van der Waals surface area contributed by atoms with Gasteiger partial charge in [-0.3, -0.25) is 0 Å². The number of nitrogen functional groups attached to an aromatic ring is 1. The highest BCUT2D eigenvalue weighted by Gasteiger charge is 2.41. The molecule has 1 unspecified atom stereocenters. The SMILES string of the molecule is CCCCCCC(Oc1ccc(N)cn1)C(F)(F)F. The number of anilines is 1. The van der Waals surface area contributed by atoms with Crippen molar-refractivity contribution < 1.29 is 17.9 Å². The Morgan fingerprint density at radius 2 is 2.00 bits per heavy atom. The number of nitrogens with two attached hydrogens (primary N) is 1. The summed E-state index contributed by atoms with van der Waals surface area (Å²) in [5, 5.41) is 0. The largest absolute Gasteiger partial charge is 0.465 e. The van der Waals surface area contributed by atoms with Gasteiger partial charge in [0.2, 0.25) is 5.88 Å². The molecule has 0 saturated heterocycles. The Kier molecular flexibility index (Phi) is 5.92. The van der Waals surface area contributed by atoms with Crippen LogP contribution in [0.15, 0.2) is 18.3 Å². The average Bonchev–Trinajstić information content (AvgIpc) is 2.34. The first kappa shape index (κ1) is 15.6. The lowest BCUT2D eigenvalue weighted by molar-refractivity contribution is -0.197. The lowest BCUT2D eigenvalue weighted by atomic mass is 10.1. The molecule has 0 bridgehead atoms. The Bertz CT molecular complexity index is 365. The highest BCUT2D eigenvalue weighted by molar-refractivity contribution is 5.36. The summed E-state index contributed by atoms with van der Waals surface area (Å²) >= 11 is 0. The molecule has 19 heavy (non-hydrogen) atoms. The van der Waals surface area contributed by atoms with E-state index in [9.17, 15) is 13.2 Å². The number of nitrogens with zero attached hydrogens (tertiary/aromatic N) is 1. The third-order valence-corrected chi connectivity index (χ3v) is 2.71. The molecular weight excluding hydrogens is 257 g/mol. The van der Waals surface area contributed by atoms with Crippen LogP contribution in [0.25, 0.3) is 0 Å². The van der Waals surface area contributed by atoms with E-state index in [4.69, 9.17) is 10.5 Å². The van der Waals surface area contributed by atoms with Crippen LogP contribution in [0.2, 0.25) is 0 Å². The number of alkyl halides is 3. The second-order valence-corrected chi connectivity index (χ2v) is 4.43. The topological polar surface area (TPSA) is 48.1 Å². The minimum Gasteiger partial charge on any atom is -0.465 e. The van der Waals surface area contributed by atoms with Crippen LogP contribution in [0, 0.1) is 0 Å². The van der Waals surface area contributed by atoms with Gasteiger partial charge in [0.05, 0.1) is 11.9 Å². The highest BCUT2D eigenvalue weighted by Crippen LogP contribution is 2.28. The molecule has 0 aromatic carbocycles. The van der Waals surface area contributed by atoms with Gasteiger partial charge in [-0.25, -0.2) is 4.98 Å². The van der Waals surface area contributed by atoms with Gasteiger partial charge in [0, 0.05) is 6.07 Å². The summed E-state index contributed by atoms with van der Waals surface area (Å²) in [7, 11) is 0. The molecule has 0 amide bonds. The van der Waals surface area contributed by atoms with Gasteiger partial charge < -0.3 is 10.5 Å². The highest BCUT2D eigenvalue weighted by atomic mass is 19.4. The molecule has 0 radical (unpaired) electrons. The Balaban J connectivity index is 2.57. The first-order valence-corrected chi connectivity index (χ1v) is 6.38. The van der Waals surface area contributed by atoms with Crippen LogP contribution in [-0.2, 0) is 0 Å². The predicted molar refractivity (Wildman–Crippen MR) is 67.9 cm³/mol. The molecular formula is C13H19F3N2O. The zero-order valence-corrected chi connectivity index (χ0v) is 10.9. The van der Waals surface area contributed by atoms with Crippen LogP contribution < -0.4 is 10.5 Å². The van der Waals surface area contributed by atoms with Crippen molar-refractivity contribution in [2.24, 2.45) is 0 Å². The minimum atomic E-state index is -4.38. The van der Waals surface area contributed by atoms with Crippen LogP contribution in [0.4, 0.5) is 18.9 Å². The van der Waals surface area contributed by atoms with Gasteiger partial charge in [-0.1, -0.05) is 26.2 Å². The number of rotatable bonds is 7. The third kappa shape index (κ3) is 5.81. The molecule has 1 aromatic rings. The second-order valence-electron chi connectivity index (χ2n) is 4.43. The summed E-state index contributed by atoms with van der Waals surface area (Å²) in [6.45, 7) is 2.01. The third-order valence-electron chi connectivity index (χ3n) is 2.71. The number of pyridine rings is 1. The van der Waals surface area contributed by atoms with Crippen LogP contribution in [0.1, 0.15) is 39.0 Å². The molecule has 0 aliphatic rings. The van der Waals surface area contributed by atoms with E-state index in [1.165, 1.54) is 18.3 Å².